The number of hydrogen-bond acceptors (Lipinski definition) is 0. The highest BCUT2D eigenvalue weighted by molar-refractivity contribution is 5.30. The third-order valence-corrected chi connectivity index (χ3v) is 2.79. The highest BCUT2D eigenvalue weighted by Crippen LogP contribution is 2.25. The molecule has 0 heterocycles. The van der Waals surface area contributed by atoms with Crippen LogP contribution in [0.2, 0.25) is 0 Å². The molecule has 0 saturated heterocycles. The van der Waals surface area contributed by atoms with Crippen molar-refractivity contribution in [1.82, 2.24) is 0 Å². The molecule has 0 fully saturated rings. The molecule has 1 atom stereocenters. The maximum absolute atomic E-state index is 2.27. The van der Waals surface area contributed by atoms with Crippen LogP contribution >= 0.6 is 0 Å². The summed E-state index contributed by atoms with van der Waals surface area (Å²) in [4.78, 5) is 0. The largest absolute Gasteiger partial charge is 0.0877 e. The smallest absolute Gasteiger partial charge is 0.00425 e. The molecule has 90 valence electrons. The zero-order valence-corrected chi connectivity index (χ0v) is 11.5. The molecule has 0 aromatic rings. The highest BCUT2D eigenvalue weighted by Gasteiger charge is 2.10. The minimum Gasteiger partial charge on any atom is -0.0877 e. The van der Waals surface area contributed by atoms with Crippen molar-refractivity contribution in [3.05, 3.63) is 47.6 Å². The van der Waals surface area contributed by atoms with Gasteiger partial charge >= 0.3 is 0 Å². The van der Waals surface area contributed by atoms with Crippen molar-refractivity contribution >= 4 is 0 Å². The fraction of sp³-hybridized carbons (Fsp3) is 0.500. The lowest BCUT2D eigenvalue weighted by molar-refractivity contribution is 0.697. The van der Waals surface area contributed by atoms with E-state index in [2.05, 4.69) is 71.1 Å². The fourth-order valence-corrected chi connectivity index (χ4v) is 1.85. The molecule has 0 aromatic heterocycles. The maximum atomic E-state index is 2.27. The van der Waals surface area contributed by atoms with E-state index in [9.17, 15) is 0 Å². The van der Waals surface area contributed by atoms with E-state index in [-0.39, 0.29) is 0 Å². The number of allylic oxidation sites excluding steroid dienone is 8. The predicted octanol–water partition coefficient (Wildman–Crippen LogP) is 5.45. The van der Waals surface area contributed by atoms with Gasteiger partial charge in [-0.15, -0.1) is 0 Å². The summed E-state index contributed by atoms with van der Waals surface area (Å²) in [5.41, 5.74) is 2.87. The molecule has 0 radical (unpaired) electrons. The van der Waals surface area contributed by atoms with E-state index >= 15 is 0 Å². The van der Waals surface area contributed by atoms with Crippen molar-refractivity contribution in [2.45, 2.75) is 47.5 Å². The van der Waals surface area contributed by atoms with E-state index in [0.29, 0.717) is 5.92 Å². The third-order valence-electron chi connectivity index (χ3n) is 2.79. The van der Waals surface area contributed by atoms with E-state index in [4.69, 9.17) is 0 Å². The van der Waals surface area contributed by atoms with Crippen molar-refractivity contribution in [2.75, 3.05) is 0 Å². The van der Waals surface area contributed by atoms with Gasteiger partial charge in [0.15, 0.2) is 0 Å². The van der Waals surface area contributed by atoms with Gasteiger partial charge in [-0.1, -0.05) is 55.9 Å². The second-order valence-electron chi connectivity index (χ2n) is 4.00. The second kappa shape index (κ2) is 9.21. The van der Waals surface area contributed by atoms with Crippen LogP contribution < -0.4 is 0 Å². The molecular weight excluding hydrogens is 192 g/mol. The van der Waals surface area contributed by atoms with Crippen molar-refractivity contribution < 1.29 is 0 Å². The van der Waals surface area contributed by atoms with Gasteiger partial charge in [0.25, 0.3) is 0 Å². The van der Waals surface area contributed by atoms with Gasteiger partial charge in [0, 0.05) is 5.92 Å². The number of rotatable bonds is 6. The van der Waals surface area contributed by atoms with Gasteiger partial charge in [0.05, 0.1) is 0 Å². The van der Waals surface area contributed by atoms with E-state index < -0.39 is 0 Å². The fourth-order valence-electron chi connectivity index (χ4n) is 1.85. The summed E-state index contributed by atoms with van der Waals surface area (Å²) < 4.78 is 0. The lowest BCUT2D eigenvalue weighted by atomic mass is 9.88. The molecule has 16 heavy (non-hydrogen) atoms. The molecule has 0 aliphatic heterocycles. The van der Waals surface area contributed by atoms with Crippen LogP contribution in [0.4, 0.5) is 0 Å². The monoisotopic (exact) mass is 218 g/mol. The summed E-state index contributed by atoms with van der Waals surface area (Å²) in [6, 6.07) is 0. The minimum absolute atomic E-state index is 0.559. The Morgan fingerprint density at radius 1 is 1.19 bits per heavy atom. The Hall–Kier alpha value is -1.04. The van der Waals surface area contributed by atoms with Gasteiger partial charge in [-0.2, -0.15) is 0 Å². The molecular formula is C16H26. The SMILES string of the molecule is C/C=C\C=C(/C)C(CC)C(/C=C\CC)=C/C. The second-order valence-corrected chi connectivity index (χ2v) is 4.00. The summed E-state index contributed by atoms with van der Waals surface area (Å²) in [5, 5.41) is 0. The number of hydrogen-bond donors (Lipinski definition) is 0. The first kappa shape index (κ1) is 15.0. The first-order valence-electron chi connectivity index (χ1n) is 6.33. The average molecular weight is 218 g/mol. The van der Waals surface area contributed by atoms with Crippen LogP contribution in [0.1, 0.15) is 47.5 Å². The molecule has 0 amide bonds. The minimum atomic E-state index is 0.559. The summed E-state index contributed by atoms with van der Waals surface area (Å²) in [5.74, 6) is 0.559. The van der Waals surface area contributed by atoms with Crippen LogP contribution in [-0.2, 0) is 0 Å². The molecule has 0 rings (SSSR count). The van der Waals surface area contributed by atoms with Crippen molar-refractivity contribution in [1.29, 1.82) is 0 Å². The normalized spacial score (nSPS) is 16.3. The zero-order valence-electron chi connectivity index (χ0n) is 11.5. The summed E-state index contributed by atoms with van der Waals surface area (Å²) in [6.45, 7) is 10.8. The summed E-state index contributed by atoms with van der Waals surface area (Å²) in [7, 11) is 0. The van der Waals surface area contributed by atoms with E-state index in [0.717, 1.165) is 12.8 Å². The molecule has 1 unspecified atom stereocenters. The Labute approximate surface area is 101 Å². The highest BCUT2D eigenvalue weighted by atomic mass is 14.1. The van der Waals surface area contributed by atoms with E-state index in [1.165, 1.54) is 11.1 Å². The molecule has 0 aliphatic carbocycles. The molecule has 0 aromatic carbocycles. The lowest BCUT2D eigenvalue weighted by Gasteiger charge is -2.17. The third kappa shape index (κ3) is 5.16. The topological polar surface area (TPSA) is 0 Å². The molecule has 0 nitrogen and oxygen atoms in total. The first-order valence-corrected chi connectivity index (χ1v) is 6.33. The van der Waals surface area contributed by atoms with Gasteiger partial charge < -0.3 is 0 Å². The van der Waals surface area contributed by atoms with E-state index in [1.54, 1.807) is 0 Å². The van der Waals surface area contributed by atoms with Gasteiger partial charge in [0.1, 0.15) is 0 Å². The Morgan fingerprint density at radius 3 is 2.31 bits per heavy atom. The molecule has 0 bridgehead atoms. The van der Waals surface area contributed by atoms with Crippen LogP contribution in [0, 0.1) is 5.92 Å². The van der Waals surface area contributed by atoms with Gasteiger partial charge in [-0.3, -0.25) is 0 Å². The molecule has 0 saturated carbocycles. The lowest BCUT2D eigenvalue weighted by Crippen LogP contribution is -2.03. The maximum Gasteiger partial charge on any atom is 0.00425 e. The Bertz CT molecular complexity index is 287. The Kier molecular flexibility index (Phi) is 8.61. The zero-order chi connectivity index (χ0) is 12.4. The molecule has 0 N–H and O–H groups in total. The Balaban J connectivity index is 4.89. The van der Waals surface area contributed by atoms with Crippen LogP contribution in [0.3, 0.4) is 0 Å². The van der Waals surface area contributed by atoms with Crippen molar-refractivity contribution in [3.63, 3.8) is 0 Å². The predicted molar refractivity (Wildman–Crippen MR) is 75.5 cm³/mol. The van der Waals surface area contributed by atoms with Gasteiger partial charge in [-0.25, -0.2) is 0 Å². The van der Waals surface area contributed by atoms with E-state index in [1.807, 2.05) is 0 Å². The van der Waals surface area contributed by atoms with Crippen molar-refractivity contribution in [2.24, 2.45) is 5.92 Å². The summed E-state index contributed by atoms with van der Waals surface area (Å²) >= 11 is 0. The summed E-state index contributed by atoms with van der Waals surface area (Å²) in [6.07, 6.45) is 15.4. The quantitative estimate of drug-likeness (QED) is 0.520. The molecule has 0 aliphatic rings. The average Bonchev–Trinajstić information content (AvgIpc) is 2.31. The van der Waals surface area contributed by atoms with Crippen LogP contribution in [-0.4, -0.2) is 0 Å². The van der Waals surface area contributed by atoms with Crippen LogP contribution in [0.25, 0.3) is 0 Å². The van der Waals surface area contributed by atoms with Crippen LogP contribution in [0.5, 0.6) is 0 Å². The first-order chi connectivity index (χ1) is 7.71. The Morgan fingerprint density at radius 2 is 1.88 bits per heavy atom. The van der Waals surface area contributed by atoms with Gasteiger partial charge in [-0.05, 0) is 39.2 Å². The van der Waals surface area contributed by atoms with Crippen molar-refractivity contribution in [3.8, 4) is 0 Å². The standard InChI is InChI=1S/C16H26/c1-6-10-12-14(5)16(9-4)15(8-3)13-11-7-2/h6,8,10-13,16H,7,9H2,1-5H3/b10-6-,13-11-,14-12+,15-8+. The molecule has 0 heteroatoms. The molecule has 0 spiro atoms. The van der Waals surface area contributed by atoms with Gasteiger partial charge in [0.2, 0.25) is 0 Å². The van der Waals surface area contributed by atoms with Crippen LogP contribution in [0.15, 0.2) is 47.6 Å².